The topological polar surface area (TPSA) is 13.0 Å². The number of anilines is 8. The van der Waals surface area contributed by atoms with Crippen molar-refractivity contribution in [3.05, 3.63) is 364 Å². The summed E-state index contributed by atoms with van der Waals surface area (Å²) in [6.07, 6.45) is 0. The van der Waals surface area contributed by atoms with Crippen LogP contribution in [0.1, 0.15) is 0 Å². The summed E-state index contributed by atoms with van der Waals surface area (Å²) in [6, 6.07) is 137. The van der Waals surface area contributed by atoms with Gasteiger partial charge in [0.05, 0.1) is 22.7 Å². The van der Waals surface area contributed by atoms with Crippen LogP contribution in [-0.2, 0) is 0 Å². The predicted molar refractivity (Wildman–Crippen MR) is 415 cm³/mol. The maximum absolute atomic E-state index is 4.26. The molecule has 20 rings (SSSR count). The third-order valence-electron chi connectivity index (χ3n) is 20.8. The van der Waals surface area contributed by atoms with Crippen LogP contribution >= 0.6 is 0 Å². The fourth-order valence-corrected chi connectivity index (χ4v) is 22.1. The first-order chi connectivity index (χ1) is 48.2. The Bertz CT molecular complexity index is 5510. The van der Waals surface area contributed by atoms with Gasteiger partial charge in [-0.05, 0) is 158 Å². The van der Waals surface area contributed by atoms with Gasteiger partial charge in [-0.25, -0.2) is 0 Å². The number of fused-ring (bicyclic) bond motifs is 10. The summed E-state index contributed by atoms with van der Waals surface area (Å²) in [7, 11) is -4.26. The third kappa shape index (κ3) is 8.10. The van der Waals surface area contributed by atoms with E-state index in [2.05, 4.69) is 382 Å². The van der Waals surface area contributed by atoms with Crippen molar-refractivity contribution in [2.75, 3.05) is 18.3 Å². The van der Waals surface area contributed by atoms with Gasteiger partial charge < -0.3 is 18.3 Å². The van der Waals surface area contributed by atoms with Gasteiger partial charge in [0, 0.05) is 44.3 Å². The van der Waals surface area contributed by atoms with Gasteiger partial charge in [-0.15, -0.1) is 0 Å². The highest BCUT2D eigenvalue weighted by atomic mass is 28.4. The zero-order chi connectivity index (χ0) is 63.7. The highest BCUT2D eigenvalue weighted by Crippen LogP contribution is 2.65. The quantitative estimate of drug-likeness (QED) is 0.141. The number of nitrogens with zero attached hydrogens (tertiary/aromatic N) is 4. The minimum atomic E-state index is -4.26. The standard InChI is InChI=1S/C92H60N4Si/c1-5-33-65-61(25-1)29-21-45-69(65)77-53-57-85(81-41-13-9-37-73(77)81)93-89-49-17-18-50-90(89)94(86-58-54-78(74-38-10-14-42-82(74)86)70-46-22-30-62-26-2-6-34-66(62)70)97(93)95(87-59-55-79(75-39-11-15-43-83(75)87)71-47-23-31-63-27-3-7-35-67(63)71)91-51-19-20-52-92(91)96(97)88-60-56-80(76-40-12-16-44-84(76)88)72-48-24-32-64-28-4-8-36-68(64)72/h1-60H. The zero-order valence-corrected chi connectivity index (χ0v) is 53.9. The first kappa shape index (κ1) is 55.0. The van der Waals surface area contributed by atoms with E-state index in [1.807, 2.05) is 0 Å². The summed E-state index contributed by atoms with van der Waals surface area (Å²) in [5, 5.41) is 19.2. The molecule has 2 aliphatic heterocycles. The largest absolute Gasteiger partial charge is 0.522 e. The Kier molecular flexibility index (Phi) is 12.3. The molecule has 0 N–H and O–H groups in total. The molecule has 0 fully saturated rings. The van der Waals surface area contributed by atoms with Gasteiger partial charge in [0.15, 0.2) is 0 Å². The molecule has 0 aromatic heterocycles. The van der Waals surface area contributed by atoms with Gasteiger partial charge in [0.25, 0.3) is 0 Å². The predicted octanol–water partition coefficient (Wildman–Crippen LogP) is 25.3. The van der Waals surface area contributed by atoms with E-state index in [1.165, 1.54) is 109 Å². The Labute approximate surface area is 563 Å². The van der Waals surface area contributed by atoms with E-state index >= 15 is 0 Å². The second-order valence-electron chi connectivity index (χ2n) is 25.7. The van der Waals surface area contributed by atoms with Crippen LogP contribution in [0.4, 0.5) is 45.5 Å². The molecule has 452 valence electrons. The van der Waals surface area contributed by atoms with E-state index in [0.29, 0.717) is 0 Å². The Hall–Kier alpha value is -12.5. The lowest BCUT2D eigenvalue weighted by Gasteiger charge is -2.50. The van der Waals surface area contributed by atoms with E-state index in [0.717, 1.165) is 67.0 Å². The van der Waals surface area contributed by atoms with Crippen LogP contribution in [0.5, 0.6) is 0 Å². The maximum Gasteiger partial charge on any atom is 0.522 e. The SMILES string of the molecule is c1ccc2c(c1)N(c1ccc(-c3cccc4ccccc34)c3ccccc13)[Si]1(N2c2ccc(-c3cccc4ccccc34)c3ccccc23)N(c2ccc(-c3cccc4ccccc34)c3ccccc23)c2ccccc2N1c1ccc(-c2cccc3ccccc23)c2ccccc12. The van der Waals surface area contributed by atoms with Gasteiger partial charge in [-0.2, -0.15) is 0 Å². The van der Waals surface area contributed by atoms with Crippen molar-refractivity contribution >= 4 is 140 Å². The summed E-state index contributed by atoms with van der Waals surface area (Å²) in [5.41, 5.74) is 18.6. The fraction of sp³-hybridized carbons (Fsp3) is 0. The lowest BCUT2D eigenvalue weighted by atomic mass is 9.93. The zero-order valence-electron chi connectivity index (χ0n) is 52.9. The smallest absolute Gasteiger partial charge is 0.313 e. The number of hydrogen-bond donors (Lipinski definition) is 0. The average Bonchev–Trinajstić information content (AvgIpc) is 1.49. The molecule has 0 unspecified atom stereocenters. The molecule has 0 aliphatic carbocycles. The molecular weight excluding hydrogens is 1190 g/mol. The molecule has 0 saturated heterocycles. The molecule has 0 amide bonds. The summed E-state index contributed by atoms with van der Waals surface area (Å²) in [5.74, 6) is 0. The van der Waals surface area contributed by atoms with Gasteiger partial charge >= 0.3 is 8.72 Å². The van der Waals surface area contributed by atoms with Gasteiger partial charge in [0.2, 0.25) is 0 Å². The number of hydrogen-bond acceptors (Lipinski definition) is 4. The second-order valence-corrected chi connectivity index (χ2v) is 28.7. The van der Waals surface area contributed by atoms with Crippen LogP contribution < -0.4 is 18.3 Å². The molecule has 2 heterocycles. The Balaban J connectivity index is 0.955. The molecule has 97 heavy (non-hydrogen) atoms. The van der Waals surface area contributed by atoms with Crippen molar-refractivity contribution in [2.24, 2.45) is 0 Å². The minimum absolute atomic E-state index is 1.12. The van der Waals surface area contributed by atoms with E-state index in [-0.39, 0.29) is 0 Å². The first-order valence-electron chi connectivity index (χ1n) is 33.6. The summed E-state index contributed by atoms with van der Waals surface area (Å²) >= 11 is 0. The van der Waals surface area contributed by atoms with Crippen LogP contribution in [0.25, 0.3) is 131 Å². The highest BCUT2D eigenvalue weighted by Gasteiger charge is 2.70. The molecule has 2 aliphatic rings. The molecule has 18 aromatic carbocycles. The van der Waals surface area contributed by atoms with Crippen molar-refractivity contribution in [3.8, 4) is 44.5 Å². The second kappa shape index (κ2) is 21.8. The molecule has 0 atom stereocenters. The molecule has 0 bridgehead atoms. The van der Waals surface area contributed by atoms with E-state index in [9.17, 15) is 0 Å². The molecule has 4 nitrogen and oxygen atoms in total. The molecule has 0 radical (unpaired) electrons. The molecule has 5 heteroatoms. The van der Waals surface area contributed by atoms with Crippen molar-refractivity contribution in [2.45, 2.75) is 0 Å². The Morgan fingerprint density at radius 2 is 0.299 bits per heavy atom. The lowest BCUT2D eigenvalue weighted by molar-refractivity contribution is 1.19. The van der Waals surface area contributed by atoms with Crippen molar-refractivity contribution in [3.63, 3.8) is 0 Å². The fourth-order valence-electron chi connectivity index (χ4n) is 16.8. The van der Waals surface area contributed by atoms with Crippen molar-refractivity contribution in [1.82, 2.24) is 0 Å². The highest BCUT2D eigenvalue weighted by molar-refractivity contribution is 7.00. The van der Waals surface area contributed by atoms with Gasteiger partial charge in [0.1, 0.15) is 0 Å². The number of rotatable bonds is 8. The van der Waals surface area contributed by atoms with Crippen LogP contribution in [0.2, 0.25) is 0 Å². The van der Waals surface area contributed by atoms with Crippen molar-refractivity contribution in [1.29, 1.82) is 0 Å². The molecular formula is C92H60N4Si. The summed E-state index contributed by atoms with van der Waals surface area (Å²) in [6.45, 7) is 0. The number of benzene rings is 18. The van der Waals surface area contributed by atoms with E-state index in [1.54, 1.807) is 0 Å². The minimum Gasteiger partial charge on any atom is -0.313 e. The van der Waals surface area contributed by atoms with E-state index < -0.39 is 8.72 Å². The van der Waals surface area contributed by atoms with Crippen LogP contribution in [0, 0.1) is 0 Å². The monoisotopic (exact) mass is 1250 g/mol. The van der Waals surface area contributed by atoms with Gasteiger partial charge in [-0.3, -0.25) is 0 Å². The lowest BCUT2D eigenvalue weighted by Crippen LogP contribution is -2.76. The molecule has 18 aromatic rings. The Morgan fingerprint density at radius 3 is 0.536 bits per heavy atom. The Morgan fingerprint density at radius 1 is 0.124 bits per heavy atom. The summed E-state index contributed by atoms with van der Waals surface area (Å²) in [4.78, 5) is 0. The van der Waals surface area contributed by atoms with Crippen LogP contribution in [-0.4, -0.2) is 8.72 Å². The average molecular weight is 1250 g/mol. The molecule has 0 saturated carbocycles. The van der Waals surface area contributed by atoms with Crippen LogP contribution in [0.15, 0.2) is 364 Å². The summed E-state index contributed by atoms with van der Waals surface area (Å²) < 4.78 is 11.4. The van der Waals surface area contributed by atoms with Crippen LogP contribution in [0.3, 0.4) is 0 Å². The molecule has 1 spiro atoms. The first-order valence-corrected chi connectivity index (χ1v) is 35.4. The maximum atomic E-state index is 2.85. The van der Waals surface area contributed by atoms with E-state index in [4.69, 9.17) is 0 Å². The number of para-hydroxylation sites is 4. The third-order valence-corrected chi connectivity index (χ3v) is 25.1. The van der Waals surface area contributed by atoms with Crippen molar-refractivity contribution < 1.29 is 0 Å². The normalized spacial score (nSPS) is 13.4. The van der Waals surface area contributed by atoms with Gasteiger partial charge in [-0.1, -0.05) is 315 Å².